The Morgan fingerprint density at radius 2 is 1.96 bits per heavy atom. The van der Waals surface area contributed by atoms with Crippen LogP contribution < -0.4 is 4.72 Å². The number of nitrogens with one attached hydrogen (secondary N) is 1. The third-order valence-corrected chi connectivity index (χ3v) is 5.67. The van der Waals surface area contributed by atoms with Crippen molar-refractivity contribution in [2.75, 3.05) is 4.72 Å². The first-order chi connectivity index (χ1) is 11.3. The van der Waals surface area contributed by atoms with Crippen LogP contribution in [-0.2, 0) is 10.0 Å². The molecule has 0 amide bonds. The second-order valence-corrected chi connectivity index (χ2v) is 7.79. The second kappa shape index (κ2) is 5.77. The van der Waals surface area contributed by atoms with Crippen LogP contribution in [0, 0.1) is 6.92 Å². The standard InChI is InChI=1S/C15H12N2O5S2/c1-8-2-4-11-13(6-8)23-15(16-11)17-24(21,22)9-3-5-12(18)10(7-9)14(19)20/h2-7,18H,1H3,(H,16,17)(H,19,20). The molecule has 0 spiro atoms. The third-order valence-electron chi connectivity index (χ3n) is 3.27. The van der Waals surface area contributed by atoms with Crippen LogP contribution in [-0.4, -0.2) is 29.6 Å². The number of carboxylic acids is 1. The van der Waals surface area contributed by atoms with E-state index in [1.165, 1.54) is 11.3 Å². The summed E-state index contributed by atoms with van der Waals surface area (Å²) in [5.41, 5.74) is 1.21. The quantitative estimate of drug-likeness (QED) is 0.655. The summed E-state index contributed by atoms with van der Waals surface area (Å²) in [6, 6.07) is 8.62. The van der Waals surface area contributed by atoms with Gasteiger partial charge in [0.1, 0.15) is 11.3 Å². The maximum Gasteiger partial charge on any atom is 0.339 e. The molecule has 0 atom stereocenters. The lowest BCUT2D eigenvalue weighted by Crippen LogP contribution is -2.13. The number of anilines is 1. The summed E-state index contributed by atoms with van der Waals surface area (Å²) in [4.78, 5) is 15.0. The minimum atomic E-state index is -4.02. The molecule has 0 unspecified atom stereocenters. The van der Waals surface area contributed by atoms with Crippen LogP contribution in [0.1, 0.15) is 15.9 Å². The van der Waals surface area contributed by atoms with Gasteiger partial charge in [0.2, 0.25) is 0 Å². The lowest BCUT2D eigenvalue weighted by Gasteiger charge is -2.07. The van der Waals surface area contributed by atoms with Crippen LogP contribution in [0.3, 0.4) is 0 Å². The van der Waals surface area contributed by atoms with Crippen LogP contribution in [0.25, 0.3) is 10.2 Å². The number of aromatic nitrogens is 1. The number of sulfonamides is 1. The molecule has 3 rings (SSSR count). The fourth-order valence-electron chi connectivity index (χ4n) is 2.10. The maximum atomic E-state index is 12.4. The number of aromatic carboxylic acids is 1. The molecular formula is C15H12N2O5S2. The molecule has 0 aliphatic carbocycles. The van der Waals surface area contributed by atoms with Gasteiger partial charge in [0.05, 0.1) is 15.1 Å². The number of fused-ring (bicyclic) bond motifs is 1. The van der Waals surface area contributed by atoms with Crippen molar-refractivity contribution < 1.29 is 23.4 Å². The van der Waals surface area contributed by atoms with E-state index in [0.717, 1.165) is 28.5 Å². The number of aromatic hydroxyl groups is 1. The van der Waals surface area contributed by atoms with E-state index in [1.54, 1.807) is 6.07 Å². The molecule has 7 nitrogen and oxygen atoms in total. The van der Waals surface area contributed by atoms with E-state index >= 15 is 0 Å². The zero-order valence-corrected chi connectivity index (χ0v) is 14.0. The Morgan fingerprint density at radius 1 is 1.21 bits per heavy atom. The van der Waals surface area contributed by atoms with E-state index in [-0.39, 0.29) is 10.0 Å². The van der Waals surface area contributed by atoms with Crippen molar-refractivity contribution in [1.82, 2.24) is 4.98 Å². The van der Waals surface area contributed by atoms with Gasteiger partial charge in [-0.1, -0.05) is 17.4 Å². The molecule has 9 heteroatoms. The summed E-state index contributed by atoms with van der Waals surface area (Å²) in [5, 5.41) is 18.6. The monoisotopic (exact) mass is 364 g/mol. The van der Waals surface area contributed by atoms with Gasteiger partial charge in [-0.3, -0.25) is 4.72 Å². The zero-order valence-electron chi connectivity index (χ0n) is 12.3. The van der Waals surface area contributed by atoms with Crippen LogP contribution >= 0.6 is 11.3 Å². The largest absolute Gasteiger partial charge is 0.507 e. The number of carboxylic acid groups (broad SMARTS) is 1. The van der Waals surface area contributed by atoms with Gasteiger partial charge in [-0.05, 0) is 42.8 Å². The van der Waals surface area contributed by atoms with Gasteiger partial charge in [-0.25, -0.2) is 18.2 Å². The van der Waals surface area contributed by atoms with Crippen LogP contribution in [0.4, 0.5) is 5.13 Å². The summed E-state index contributed by atoms with van der Waals surface area (Å²) in [7, 11) is -4.02. The second-order valence-electron chi connectivity index (χ2n) is 5.08. The molecule has 0 aliphatic rings. The molecule has 0 saturated carbocycles. The highest BCUT2D eigenvalue weighted by molar-refractivity contribution is 7.93. The van der Waals surface area contributed by atoms with E-state index in [4.69, 9.17) is 5.11 Å². The fourth-order valence-corrected chi connectivity index (χ4v) is 4.33. The molecule has 0 radical (unpaired) electrons. The predicted octanol–water partition coefficient (Wildman–Crippen LogP) is 2.81. The average molecular weight is 364 g/mol. The molecule has 0 saturated heterocycles. The molecule has 3 aromatic rings. The van der Waals surface area contributed by atoms with Gasteiger partial charge in [-0.15, -0.1) is 0 Å². The number of thiazole rings is 1. The number of aryl methyl sites for hydroxylation is 1. The van der Waals surface area contributed by atoms with Gasteiger partial charge >= 0.3 is 5.97 Å². The number of rotatable bonds is 4. The Morgan fingerprint density at radius 3 is 2.67 bits per heavy atom. The minimum Gasteiger partial charge on any atom is -0.507 e. The SMILES string of the molecule is Cc1ccc2nc(NS(=O)(=O)c3ccc(O)c(C(=O)O)c3)sc2c1. The first-order valence-electron chi connectivity index (χ1n) is 6.72. The lowest BCUT2D eigenvalue weighted by molar-refractivity contribution is 0.0693. The Hall–Kier alpha value is -2.65. The number of carbonyl (C=O) groups is 1. The number of phenols is 1. The highest BCUT2D eigenvalue weighted by atomic mass is 32.2. The minimum absolute atomic E-state index is 0.181. The molecule has 1 heterocycles. The third kappa shape index (κ3) is 3.03. The molecule has 124 valence electrons. The highest BCUT2D eigenvalue weighted by Gasteiger charge is 2.20. The van der Waals surface area contributed by atoms with Gasteiger partial charge < -0.3 is 10.2 Å². The Labute approximate surface area is 141 Å². The van der Waals surface area contributed by atoms with Crippen molar-refractivity contribution in [3.63, 3.8) is 0 Å². The van der Waals surface area contributed by atoms with Crippen molar-refractivity contribution in [1.29, 1.82) is 0 Å². The van der Waals surface area contributed by atoms with E-state index in [2.05, 4.69) is 9.71 Å². The Bertz CT molecular complexity index is 1060. The summed E-state index contributed by atoms with van der Waals surface area (Å²) in [6.07, 6.45) is 0. The molecule has 3 N–H and O–H groups in total. The smallest absolute Gasteiger partial charge is 0.339 e. The molecule has 2 aromatic carbocycles. The van der Waals surface area contributed by atoms with Gasteiger partial charge in [-0.2, -0.15) is 0 Å². The molecule has 0 aliphatic heterocycles. The highest BCUT2D eigenvalue weighted by Crippen LogP contribution is 2.29. The van der Waals surface area contributed by atoms with Gasteiger partial charge in [0.25, 0.3) is 10.0 Å². The maximum absolute atomic E-state index is 12.4. The normalized spacial score (nSPS) is 11.5. The number of benzene rings is 2. The van der Waals surface area contributed by atoms with Crippen LogP contribution in [0.5, 0.6) is 5.75 Å². The summed E-state index contributed by atoms with van der Waals surface area (Å²) >= 11 is 1.18. The first kappa shape index (κ1) is 16.2. The molecule has 1 aromatic heterocycles. The van der Waals surface area contributed by atoms with Crippen molar-refractivity contribution >= 4 is 42.7 Å². The van der Waals surface area contributed by atoms with E-state index in [9.17, 15) is 18.3 Å². The van der Waals surface area contributed by atoms with Crippen LogP contribution in [0.15, 0.2) is 41.3 Å². The van der Waals surface area contributed by atoms with Crippen molar-refractivity contribution in [2.24, 2.45) is 0 Å². The van der Waals surface area contributed by atoms with Crippen LogP contribution in [0.2, 0.25) is 0 Å². The Kier molecular flexibility index (Phi) is 3.90. The number of hydrogen-bond acceptors (Lipinski definition) is 6. The van der Waals surface area contributed by atoms with E-state index < -0.39 is 27.3 Å². The number of hydrogen-bond donors (Lipinski definition) is 3. The first-order valence-corrected chi connectivity index (χ1v) is 9.02. The zero-order chi connectivity index (χ0) is 17.5. The van der Waals surface area contributed by atoms with Crippen molar-refractivity contribution in [2.45, 2.75) is 11.8 Å². The van der Waals surface area contributed by atoms with E-state index in [1.807, 2.05) is 19.1 Å². The molecular weight excluding hydrogens is 352 g/mol. The molecule has 0 bridgehead atoms. The fraction of sp³-hybridized carbons (Fsp3) is 0.0667. The van der Waals surface area contributed by atoms with Crippen molar-refractivity contribution in [3.8, 4) is 5.75 Å². The topological polar surface area (TPSA) is 117 Å². The summed E-state index contributed by atoms with van der Waals surface area (Å²) < 4.78 is 28.0. The summed E-state index contributed by atoms with van der Waals surface area (Å²) in [6.45, 7) is 1.92. The predicted molar refractivity (Wildman–Crippen MR) is 90.2 cm³/mol. The van der Waals surface area contributed by atoms with Gasteiger partial charge in [0, 0.05) is 0 Å². The summed E-state index contributed by atoms with van der Waals surface area (Å²) in [5.74, 6) is -1.92. The van der Waals surface area contributed by atoms with Crippen molar-refractivity contribution in [3.05, 3.63) is 47.5 Å². The molecule has 24 heavy (non-hydrogen) atoms. The number of nitrogens with zero attached hydrogens (tertiary/aromatic N) is 1. The lowest BCUT2D eigenvalue weighted by atomic mass is 10.2. The molecule has 0 fully saturated rings. The van der Waals surface area contributed by atoms with E-state index in [0.29, 0.717) is 5.52 Å². The Balaban J connectivity index is 1.98. The van der Waals surface area contributed by atoms with Gasteiger partial charge in [0.15, 0.2) is 5.13 Å². The average Bonchev–Trinajstić information content (AvgIpc) is 2.87.